The zero-order valence-electron chi connectivity index (χ0n) is 14.1. The predicted molar refractivity (Wildman–Crippen MR) is 90.0 cm³/mol. The predicted octanol–water partition coefficient (Wildman–Crippen LogP) is 2.74. The molecule has 2 aromatic rings. The number of benzene rings is 1. The van der Waals surface area contributed by atoms with Crippen LogP contribution < -0.4 is 0 Å². The van der Waals surface area contributed by atoms with Crippen LogP contribution in [0.1, 0.15) is 38.4 Å². The lowest BCUT2D eigenvalue weighted by molar-refractivity contribution is -0.156. The Balaban J connectivity index is 1.93. The Morgan fingerprint density at radius 1 is 1.36 bits per heavy atom. The summed E-state index contributed by atoms with van der Waals surface area (Å²) in [6.45, 7) is 3.95. The van der Waals surface area contributed by atoms with Crippen molar-refractivity contribution in [1.82, 2.24) is 15.0 Å². The Hall–Kier alpha value is -2.54. The van der Waals surface area contributed by atoms with Gasteiger partial charge in [-0.3, -0.25) is 4.79 Å². The highest BCUT2D eigenvalue weighted by Crippen LogP contribution is 2.26. The van der Waals surface area contributed by atoms with Crippen LogP contribution in [-0.2, 0) is 9.53 Å². The molecule has 1 aromatic heterocycles. The third kappa shape index (κ3) is 3.93. The van der Waals surface area contributed by atoms with Crippen molar-refractivity contribution < 1.29 is 19.0 Å². The molecule has 132 valence electrons. The Labute approximate surface area is 144 Å². The van der Waals surface area contributed by atoms with Crippen LogP contribution in [0.25, 0.3) is 17.3 Å². The standard InChI is InChI=1S/C18H20FN3O3/c1-11(2)22-16(8-7-15-9-14(23)10-17(24)25-15)18(20-21-22)12-3-5-13(19)6-4-12/h3-8,11,14-15,23H,9-10H2,1-2H3/t14-,15-/m0/s1. The van der Waals surface area contributed by atoms with Crippen LogP contribution in [-0.4, -0.2) is 38.3 Å². The number of cyclic esters (lactones) is 1. The number of hydrogen-bond acceptors (Lipinski definition) is 5. The monoisotopic (exact) mass is 345 g/mol. The Bertz CT molecular complexity index is 783. The first-order valence-corrected chi connectivity index (χ1v) is 8.21. The molecule has 1 aromatic carbocycles. The summed E-state index contributed by atoms with van der Waals surface area (Å²) in [6.07, 6.45) is 2.71. The molecular weight excluding hydrogens is 325 g/mol. The van der Waals surface area contributed by atoms with E-state index in [1.54, 1.807) is 29.0 Å². The fourth-order valence-electron chi connectivity index (χ4n) is 2.78. The largest absolute Gasteiger partial charge is 0.458 e. The Morgan fingerprint density at radius 2 is 2.08 bits per heavy atom. The summed E-state index contributed by atoms with van der Waals surface area (Å²) in [4.78, 5) is 11.5. The van der Waals surface area contributed by atoms with Crippen molar-refractivity contribution >= 4 is 12.0 Å². The van der Waals surface area contributed by atoms with Crippen LogP contribution in [0.3, 0.4) is 0 Å². The van der Waals surface area contributed by atoms with E-state index in [9.17, 15) is 14.3 Å². The smallest absolute Gasteiger partial charge is 0.309 e. The van der Waals surface area contributed by atoms with Gasteiger partial charge in [-0.1, -0.05) is 5.21 Å². The molecule has 1 N–H and O–H groups in total. The maximum absolute atomic E-state index is 13.2. The second kappa shape index (κ2) is 7.14. The number of aliphatic hydroxyl groups is 1. The number of esters is 1. The normalized spacial score (nSPS) is 21.1. The van der Waals surface area contributed by atoms with Crippen LogP contribution in [0.15, 0.2) is 30.3 Å². The van der Waals surface area contributed by atoms with Gasteiger partial charge >= 0.3 is 5.97 Å². The van der Waals surface area contributed by atoms with Crippen molar-refractivity contribution in [3.05, 3.63) is 41.9 Å². The molecule has 0 aliphatic carbocycles. The van der Waals surface area contributed by atoms with E-state index in [4.69, 9.17) is 4.74 Å². The van der Waals surface area contributed by atoms with Gasteiger partial charge in [-0.25, -0.2) is 9.07 Å². The minimum atomic E-state index is -0.694. The fourth-order valence-corrected chi connectivity index (χ4v) is 2.78. The Kier molecular flexibility index (Phi) is 4.94. The van der Waals surface area contributed by atoms with E-state index in [1.807, 2.05) is 13.8 Å². The molecule has 1 aliphatic heterocycles. The average Bonchev–Trinajstić information content (AvgIpc) is 2.97. The molecule has 0 amide bonds. The van der Waals surface area contributed by atoms with Crippen molar-refractivity contribution in [3.8, 4) is 11.3 Å². The Morgan fingerprint density at radius 3 is 2.72 bits per heavy atom. The van der Waals surface area contributed by atoms with Crippen LogP contribution in [0.2, 0.25) is 0 Å². The van der Waals surface area contributed by atoms with Crippen molar-refractivity contribution in [2.45, 2.75) is 44.9 Å². The van der Waals surface area contributed by atoms with Gasteiger partial charge < -0.3 is 9.84 Å². The number of carbonyl (C=O) groups is 1. The molecular formula is C18H20FN3O3. The molecule has 0 spiro atoms. The summed E-state index contributed by atoms with van der Waals surface area (Å²) in [5.41, 5.74) is 2.10. The third-order valence-electron chi connectivity index (χ3n) is 4.00. The molecule has 3 rings (SSSR count). The summed E-state index contributed by atoms with van der Waals surface area (Å²) >= 11 is 0. The number of rotatable bonds is 4. The molecule has 1 aliphatic rings. The zero-order chi connectivity index (χ0) is 18.0. The highest BCUT2D eigenvalue weighted by Gasteiger charge is 2.25. The van der Waals surface area contributed by atoms with Gasteiger partial charge in [-0.15, -0.1) is 5.10 Å². The molecule has 25 heavy (non-hydrogen) atoms. The van der Waals surface area contributed by atoms with Gasteiger partial charge in [0, 0.05) is 18.0 Å². The van der Waals surface area contributed by atoms with Gasteiger partial charge in [0.05, 0.1) is 18.2 Å². The van der Waals surface area contributed by atoms with E-state index in [0.29, 0.717) is 12.1 Å². The number of hydrogen-bond donors (Lipinski definition) is 1. The number of halogens is 1. The van der Waals surface area contributed by atoms with E-state index in [0.717, 1.165) is 11.3 Å². The van der Waals surface area contributed by atoms with Gasteiger partial charge in [-0.2, -0.15) is 0 Å². The molecule has 0 unspecified atom stereocenters. The van der Waals surface area contributed by atoms with E-state index in [1.165, 1.54) is 12.1 Å². The van der Waals surface area contributed by atoms with Crippen LogP contribution in [0.5, 0.6) is 0 Å². The molecule has 2 atom stereocenters. The minimum Gasteiger partial charge on any atom is -0.458 e. The van der Waals surface area contributed by atoms with E-state index >= 15 is 0 Å². The number of ether oxygens (including phenoxy) is 1. The highest BCUT2D eigenvalue weighted by atomic mass is 19.1. The van der Waals surface area contributed by atoms with Crippen LogP contribution >= 0.6 is 0 Å². The summed E-state index contributed by atoms with van der Waals surface area (Å²) in [5.74, 6) is -0.733. The van der Waals surface area contributed by atoms with Gasteiger partial charge in [0.1, 0.15) is 17.6 Å². The second-order valence-corrected chi connectivity index (χ2v) is 6.35. The first-order chi connectivity index (χ1) is 11.9. The lowest BCUT2D eigenvalue weighted by Crippen LogP contribution is -2.31. The molecule has 0 bridgehead atoms. The van der Waals surface area contributed by atoms with E-state index in [-0.39, 0.29) is 18.3 Å². The zero-order valence-corrected chi connectivity index (χ0v) is 14.1. The number of carbonyl (C=O) groups excluding carboxylic acids is 1. The first-order valence-electron chi connectivity index (χ1n) is 8.21. The summed E-state index contributed by atoms with van der Waals surface area (Å²) in [6, 6.07) is 6.10. The van der Waals surface area contributed by atoms with Crippen LogP contribution in [0, 0.1) is 5.82 Å². The first kappa shape index (κ1) is 17.3. The van der Waals surface area contributed by atoms with Crippen molar-refractivity contribution in [3.63, 3.8) is 0 Å². The lowest BCUT2D eigenvalue weighted by Gasteiger charge is -2.23. The van der Waals surface area contributed by atoms with Crippen molar-refractivity contribution in [1.29, 1.82) is 0 Å². The quantitative estimate of drug-likeness (QED) is 0.862. The van der Waals surface area contributed by atoms with Gasteiger partial charge in [-0.05, 0) is 50.3 Å². The molecule has 7 heteroatoms. The minimum absolute atomic E-state index is 0.0245. The number of nitrogens with zero attached hydrogens (tertiary/aromatic N) is 3. The van der Waals surface area contributed by atoms with Crippen LogP contribution in [0.4, 0.5) is 4.39 Å². The average molecular weight is 345 g/mol. The van der Waals surface area contributed by atoms with Gasteiger partial charge in [0.15, 0.2) is 0 Å². The summed E-state index contributed by atoms with van der Waals surface area (Å²) in [7, 11) is 0. The second-order valence-electron chi connectivity index (χ2n) is 6.35. The highest BCUT2D eigenvalue weighted by molar-refractivity contribution is 5.72. The summed E-state index contributed by atoms with van der Waals surface area (Å²) in [5, 5.41) is 18.1. The van der Waals surface area contributed by atoms with Crippen molar-refractivity contribution in [2.24, 2.45) is 0 Å². The maximum atomic E-state index is 13.2. The number of aliphatic hydroxyl groups excluding tert-OH is 1. The molecule has 6 nitrogen and oxygen atoms in total. The lowest BCUT2D eigenvalue weighted by atomic mass is 10.0. The molecule has 2 heterocycles. The molecule has 1 fully saturated rings. The third-order valence-corrected chi connectivity index (χ3v) is 4.00. The molecule has 0 saturated carbocycles. The maximum Gasteiger partial charge on any atom is 0.309 e. The summed E-state index contributed by atoms with van der Waals surface area (Å²) < 4.78 is 20.2. The van der Waals surface area contributed by atoms with Gasteiger partial charge in [0.25, 0.3) is 0 Å². The SMILES string of the molecule is CC(C)n1nnc(-c2ccc(F)cc2)c1C=C[C@H]1C[C@H](O)CC(=O)O1. The van der Waals surface area contributed by atoms with E-state index < -0.39 is 18.2 Å². The topological polar surface area (TPSA) is 77.2 Å². The van der Waals surface area contributed by atoms with E-state index in [2.05, 4.69) is 10.3 Å². The molecule has 0 radical (unpaired) electrons. The molecule has 1 saturated heterocycles. The fraction of sp³-hybridized carbons (Fsp3) is 0.389. The number of aromatic nitrogens is 3. The van der Waals surface area contributed by atoms with Crippen molar-refractivity contribution in [2.75, 3.05) is 0 Å². The van der Waals surface area contributed by atoms with Gasteiger partial charge in [0.2, 0.25) is 0 Å².